The molecule has 0 aromatic carbocycles. The lowest BCUT2D eigenvalue weighted by molar-refractivity contribution is -0.109. The highest BCUT2D eigenvalue weighted by atomic mass is 32.2. The van der Waals surface area contributed by atoms with E-state index in [1.807, 2.05) is 0 Å². The van der Waals surface area contributed by atoms with E-state index in [1.165, 1.54) is 6.92 Å². The van der Waals surface area contributed by atoms with Crippen molar-refractivity contribution in [3.8, 4) is 0 Å². The Morgan fingerprint density at radius 1 is 1.67 bits per heavy atom. The summed E-state index contributed by atoms with van der Waals surface area (Å²) in [5, 5.41) is 0.0187. The first-order valence-electron chi connectivity index (χ1n) is 4.01. The molecule has 0 N–H and O–H groups in total. The summed E-state index contributed by atoms with van der Waals surface area (Å²) in [5.74, 6) is -1.87. The van der Waals surface area contributed by atoms with E-state index >= 15 is 0 Å². The zero-order chi connectivity index (χ0) is 9.19. The van der Waals surface area contributed by atoms with Gasteiger partial charge in [-0.05, 0) is 12.3 Å². The van der Waals surface area contributed by atoms with Gasteiger partial charge in [-0.3, -0.25) is 4.79 Å². The molecule has 0 saturated heterocycles. The second-order valence-corrected chi connectivity index (χ2v) is 4.46. The highest BCUT2D eigenvalue weighted by Crippen LogP contribution is 2.40. The number of alkyl halides is 2. The predicted octanol–water partition coefficient (Wildman–Crippen LogP) is 2.70. The normalized spacial score (nSPS) is 27.4. The summed E-state index contributed by atoms with van der Waals surface area (Å²) >= 11 is 1.16. The van der Waals surface area contributed by atoms with Crippen LogP contribution in [-0.2, 0) is 4.79 Å². The molecule has 1 saturated carbocycles. The molecule has 0 aliphatic heterocycles. The third-order valence-corrected chi connectivity index (χ3v) is 3.07. The molecule has 0 radical (unpaired) electrons. The zero-order valence-corrected chi connectivity index (χ0v) is 7.79. The maximum Gasteiger partial charge on any atom is 0.248 e. The molecular weight excluding hydrogens is 182 g/mol. The Morgan fingerprint density at radius 3 is 2.75 bits per heavy atom. The fraction of sp³-hybridized carbons (Fsp3) is 0.875. The Kier molecular flexibility index (Phi) is 3.09. The average molecular weight is 194 g/mol. The van der Waals surface area contributed by atoms with Gasteiger partial charge >= 0.3 is 0 Å². The molecule has 70 valence electrons. The smallest absolute Gasteiger partial charge is 0.248 e. The summed E-state index contributed by atoms with van der Waals surface area (Å²) in [5.41, 5.74) is 0. The minimum atomic E-state index is -2.47. The highest BCUT2D eigenvalue weighted by Gasteiger charge is 2.39. The van der Waals surface area contributed by atoms with Gasteiger partial charge in [0, 0.05) is 25.5 Å². The van der Waals surface area contributed by atoms with Crippen LogP contribution in [0.3, 0.4) is 0 Å². The average Bonchev–Trinajstić information content (AvgIpc) is 2.26. The first-order valence-corrected chi connectivity index (χ1v) is 4.99. The fourth-order valence-electron chi connectivity index (χ4n) is 1.42. The molecule has 1 rings (SSSR count). The predicted molar refractivity (Wildman–Crippen MR) is 45.4 cm³/mol. The van der Waals surface area contributed by atoms with Crippen molar-refractivity contribution in [1.29, 1.82) is 0 Å². The molecule has 1 atom stereocenters. The summed E-state index contributed by atoms with van der Waals surface area (Å²) in [6.07, 6.45) is 0.524. The number of hydrogen-bond donors (Lipinski definition) is 0. The van der Waals surface area contributed by atoms with Crippen molar-refractivity contribution in [2.45, 2.75) is 32.1 Å². The van der Waals surface area contributed by atoms with Gasteiger partial charge < -0.3 is 0 Å². The summed E-state index contributed by atoms with van der Waals surface area (Å²) in [7, 11) is 0. The molecule has 1 fully saturated rings. The maximum atomic E-state index is 12.6. The van der Waals surface area contributed by atoms with Crippen molar-refractivity contribution in [1.82, 2.24) is 0 Å². The lowest BCUT2D eigenvalue weighted by atomic mass is 10.1. The van der Waals surface area contributed by atoms with Crippen LogP contribution in [0.5, 0.6) is 0 Å². The fourth-order valence-corrected chi connectivity index (χ4v) is 2.17. The molecule has 0 unspecified atom stereocenters. The van der Waals surface area contributed by atoms with E-state index < -0.39 is 5.92 Å². The minimum absolute atomic E-state index is 0.00384. The number of carbonyl (C=O) groups is 1. The Bertz CT molecular complexity index is 182. The molecule has 0 heterocycles. The van der Waals surface area contributed by atoms with E-state index in [9.17, 15) is 13.6 Å². The quantitative estimate of drug-likeness (QED) is 0.672. The van der Waals surface area contributed by atoms with E-state index in [2.05, 4.69) is 0 Å². The Morgan fingerprint density at radius 2 is 2.33 bits per heavy atom. The molecule has 0 bridgehead atoms. The number of carbonyl (C=O) groups excluding carboxylic acids is 1. The van der Waals surface area contributed by atoms with Crippen molar-refractivity contribution in [2.75, 3.05) is 5.75 Å². The monoisotopic (exact) mass is 194 g/mol. The molecular formula is C8H12F2OS. The number of hydrogen-bond acceptors (Lipinski definition) is 2. The Balaban J connectivity index is 2.24. The molecule has 1 aliphatic carbocycles. The van der Waals surface area contributed by atoms with Crippen LogP contribution >= 0.6 is 11.8 Å². The van der Waals surface area contributed by atoms with E-state index in [0.717, 1.165) is 11.8 Å². The minimum Gasteiger partial charge on any atom is -0.288 e. The van der Waals surface area contributed by atoms with Crippen LogP contribution in [0.15, 0.2) is 0 Å². The maximum absolute atomic E-state index is 12.6. The van der Waals surface area contributed by atoms with Gasteiger partial charge in [0.05, 0.1) is 0 Å². The van der Waals surface area contributed by atoms with Gasteiger partial charge in [0.2, 0.25) is 5.92 Å². The zero-order valence-electron chi connectivity index (χ0n) is 6.98. The highest BCUT2D eigenvalue weighted by molar-refractivity contribution is 8.13. The van der Waals surface area contributed by atoms with Crippen molar-refractivity contribution < 1.29 is 13.6 Å². The summed E-state index contributed by atoms with van der Waals surface area (Å²) in [6.45, 7) is 1.47. The number of rotatable bonds is 2. The van der Waals surface area contributed by atoms with Crippen molar-refractivity contribution in [2.24, 2.45) is 5.92 Å². The third-order valence-electron chi connectivity index (χ3n) is 2.03. The van der Waals surface area contributed by atoms with Gasteiger partial charge in [0.15, 0.2) is 5.12 Å². The van der Waals surface area contributed by atoms with Gasteiger partial charge in [0.1, 0.15) is 0 Å². The van der Waals surface area contributed by atoms with E-state index in [4.69, 9.17) is 0 Å². The van der Waals surface area contributed by atoms with Crippen LogP contribution in [0, 0.1) is 5.92 Å². The molecule has 0 amide bonds. The second kappa shape index (κ2) is 3.73. The van der Waals surface area contributed by atoms with Gasteiger partial charge in [-0.15, -0.1) is 0 Å². The summed E-state index contributed by atoms with van der Waals surface area (Å²) < 4.78 is 25.2. The molecule has 0 aromatic rings. The van der Waals surface area contributed by atoms with E-state index in [1.54, 1.807) is 0 Å². The number of halogens is 2. The standard InChI is InChI=1S/C8H12F2OS/c1-6(11)12-5-7-2-3-8(9,10)4-7/h7H,2-5H2,1H3/t7-/m1/s1. The topological polar surface area (TPSA) is 17.1 Å². The molecule has 1 nitrogen and oxygen atoms in total. The SMILES string of the molecule is CC(=O)SC[C@@H]1CCC(F)(F)C1. The van der Waals surface area contributed by atoms with Crippen LogP contribution in [-0.4, -0.2) is 16.8 Å². The van der Waals surface area contributed by atoms with Crippen LogP contribution in [0.25, 0.3) is 0 Å². The Labute approximate surface area is 74.9 Å². The van der Waals surface area contributed by atoms with Crippen LogP contribution in [0.1, 0.15) is 26.2 Å². The van der Waals surface area contributed by atoms with Crippen molar-refractivity contribution in [3.05, 3.63) is 0 Å². The van der Waals surface area contributed by atoms with Gasteiger partial charge in [-0.1, -0.05) is 11.8 Å². The molecule has 1 aliphatic rings. The molecule has 12 heavy (non-hydrogen) atoms. The van der Waals surface area contributed by atoms with Gasteiger partial charge in [-0.2, -0.15) is 0 Å². The second-order valence-electron chi connectivity index (χ2n) is 3.27. The number of thioether (sulfide) groups is 1. The largest absolute Gasteiger partial charge is 0.288 e. The van der Waals surface area contributed by atoms with Crippen LogP contribution < -0.4 is 0 Å². The van der Waals surface area contributed by atoms with E-state index in [0.29, 0.717) is 12.2 Å². The summed E-state index contributed by atoms with van der Waals surface area (Å²) in [6, 6.07) is 0. The van der Waals surface area contributed by atoms with Gasteiger partial charge in [-0.25, -0.2) is 8.78 Å². The molecule has 4 heteroatoms. The lowest BCUT2D eigenvalue weighted by Crippen LogP contribution is -2.10. The van der Waals surface area contributed by atoms with E-state index in [-0.39, 0.29) is 23.9 Å². The Hall–Kier alpha value is -0.120. The van der Waals surface area contributed by atoms with Gasteiger partial charge in [0.25, 0.3) is 0 Å². The van der Waals surface area contributed by atoms with Crippen LogP contribution in [0.4, 0.5) is 8.78 Å². The molecule has 0 spiro atoms. The first-order chi connectivity index (χ1) is 5.49. The van der Waals surface area contributed by atoms with Crippen LogP contribution in [0.2, 0.25) is 0 Å². The lowest BCUT2D eigenvalue weighted by Gasteiger charge is -2.08. The molecule has 0 aromatic heterocycles. The van der Waals surface area contributed by atoms with Crippen molar-refractivity contribution >= 4 is 16.9 Å². The summed E-state index contributed by atoms with van der Waals surface area (Å²) in [4.78, 5) is 10.5. The van der Waals surface area contributed by atoms with Crippen molar-refractivity contribution in [3.63, 3.8) is 0 Å². The third kappa shape index (κ3) is 3.09. The first kappa shape index (κ1) is 9.96.